The molecular formula is C31H67N3O15S4. The first kappa shape index (κ1) is 58.1. The van der Waals surface area contributed by atoms with Crippen LogP contribution in [0.2, 0.25) is 0 Å². The molecule has 0 aliphatic rings. The van der Waals surface area contributed by atoms with Crippen LogP contribution in [0.5, 0.6) is 0 Å². The minimum atomic E-state index is -5.02. The van der Waals surface area contributed by atoms with Gasteiger partial charge in [0.1, 0.15) is 0 Å². The van der Waals surface area contributed by atoms with Crippen molar-refractivity contribution in [2.24, 2.45) is 0 Å². The van der Waals surface area contributed by atoms with Crippen LogP contribution in [0.15, 0.2) is 24.3 Å². The maximum Gasteiger partial charge on any atom is 0.416 e. The molecule has 0 bridgehead atoms. The first-order valence-electron chi connectivity index (χ1n) is 17.7. The number of amides is 1. The Morgan fingerprint density at radius 1 is 0.623 bits per heavy atom. The predicted octanol–water partition coefficient (Wildman–Crippen LogP) is 4.66. The predicted molar refractivity (Wildman–Crippen MR) is 206 cm³/mol. The highest BCUT2D eigenvalue weighted by molar-refractivity contribution is 7.95. The maximum absolute atomic E-state index is 11.7. The van der Waals surface area contributed by atoms with Crippen molar-refractivity contribution < 1.29 is 63.2 Å². The molecule has 53 heavy (non-hydrogen) atoms. The molecular weight excluding hydrogens is 783 g/mol. The zero-order chi connectivity index (χ0) is 41.7. The smallest absolute Gasteiger partial charge is 0.356 e. The molecule has 0 fully saturated rings. The summed E-state index contributed by atoms with van der Waals surface area (Å²) in [6.07, 6.45) is 24.4. The van der Waals surface area contributed by atoms with E-state index in [0.717, 1.165) is 45.4 Å². The summed E-state index contributed by atoms with van der Waals surface area (Å²) in [6, 6.07) is 0. The molecule has 0 unspecified atom stereocenters. The SMILES string of the molecule is CCCCC/C=C\C/C=C\CCCCCCCC(=O)NCCCNCC.CCN(C)C.CCOS(=O)(=O)OS(=O)(=O)O.CCOS(=O)(=O)OS(=O)(=O)O. The van der Waals surface area contributed by atoms with Gasteiger partial charge in [0.15, 0.2) is 0 Å². The number of carbonyl (C=O) groups excluding carboxylic acids is 1. The Labute approximate surface area is 321 Å². The molecule has 0 atom stereocenters. The van der Waals surface area contributed by atoms with Crippen molar-refractivity contribution in [2.45, 2.75) is 118 Å². The molecule has 0 rings (SSSR count). The van der Waals surface area contributed by atoms with Gasteiger partial charge in [0.2, 0.25) is 5.91 Å². The lowest BCUT2D eigenvalue weighted by molar-refractivity contribution is -0.121. The number of carbonyl (C=O) groups is 1. The molecule has 0 aliphatic heterocycles. The minimum absolute atomic E-state index is 0.215. The third-order valence-corrected chi connectivity index (χ3v) is 9.71. The molecule has 0 heterocycles. The summed E-state index contributed by atoms with van der Waals surface area (Å²) in [5.74, 6) is 0.215. The van der Waals surface area contributed by atoms with Crippen LogP contribution in [0.1, 0.15) is 118 Å². The van der Waals surface area contributed by atoms with Gasteiger partial charge in [-0.2, -0.15) is 33.7 Å². The van der Waals surface area contributed by atoms with Gasteiger partial charge in [-0.05, 0) is 92.5 Å². The molecule has 0 spiro atoms. The first-order valence-corrected chi connectivity index (χ1v) is 23.1. The molecule has 1 amide bonds. The number of hydrogen-bond donors (Lipinski definition) is 4. The summed E-state index contributed by atoms with van der Waals surface area (Å²) in [7, 11) is -15.2. The van der Waals surface area contributed by atoms with Gasteiger partial charge in [-0.1, -0.05) is 77.2 Å². The van der Waals surface area contributed by atoms with Crippen LogP contribution >= 0.6 is 0 Å². The number of unbranched alkanes of at least 4 members (excludes halogenated alkanes) is 8. The van der Waals surface area contributed by atoms with Gasteiger partial charge in [-0.15, -0.1) is 7.26 Å². The van der Waals surface area contributed by atoms with Gasteiger partial charge in [-0.3, -0.25) is 13.9 Å². The standard InChI is InChI=1S/C23H44N2O.C4H11N.2C2H6O7S2/c1-3-5-6-7-8-9-10-11-12-13-14-15-16-17-18-20-23(26)25-22-19-21-24-4-2;1-4-5(2)3;2*1-2-8-11(6,7)9-10(3,4)5/h8-9,11-12,24H,3-7,10,13-22H2,1-2H3,(H,25,26);4H2,1-3H3;2*2H2,1H3,(H,3,4,5)/b9-8-,12-11-;;;. The largest absolute Gasteiger partial charge is 0.416 e. The number of rotatable bonds is 28. The van der Waals surface area contributed by atoms with E-state index < -0.39 is 41.6 Å². The average molecular weight is 850 g/mol. The van der Waals surface area contributed by atoms with E-state index in [-0.39, 0.29) is 19.1 Å². The number of nitrogens with zero attached hydrogens (tertiary/aromatic N) is 1. The van der Waals surface area contributed by atoms with Gasteiger partial charge in [0.05, 0.1) is 13.2 Å². The average Bonchev–Trinajstić information content (AvgIpc) is 3.01. The third kappa shape index (κ3) is 59.9. The Balaban J connectivity index is -0.000000364. The summed E-state index contributed by atoms with van der Waals surface area (Å²) in [6.45, 7) is 12.5. The van der Waals surface area contributed by atoms with Crippen molar-refractivity contribution in [1.29, 1.82) is 0 Å². The van der Waals surface area contributed by atoms with Crippen LogP contribution in [-0.4, -0.2) is 107 Å². The molecule has 22 heteroatoms. The highest BCUT2D eigenvalue weighted by atomic mass is 32.3. The topological polar surface area (TPSA) is 258 Å². The molecule has 0 saturated heterocycles. The molecule has 0 aromatic heterocycles. The van der Waals surface area contributed by atoms with Crippen LogP contribution in [0.3, 0.4) is 0 Å². The third-order valence-electron chi connectivity index (χ3n) is 5.95. The second-order valence-electron chi connectivity index (χ2n) is 11.1. The lowest BCUT2D eigenvalue weighted by Gasteiger charge is -2.05. The van der Waals surface area contributed by atoms with Crippen LogP contribution < -0.4 is 10.6 Å². The minimum Gasteiger partial charge on any atom is -0.356 e. The first-order chi connectivity index (χ1) is 24.6. The Kier molecular flexibility index (Phi) is 41.0. The van der Waals surface area contributed by atoms with E-state index in [9.17, 15) is 38.5 Å². The van der Waals surface area contributed by atoms with Crippen molar-refractivity contribution in [2.75, 3.05) is 53.5 Å². The second kappa shape index (κ2) is 37.4. The van der Waals surface area contributed by atoms with Gasteiger partial charge < -0.3 is 15.5 Å². The number of nitrogens with one attached hydrogen (secondary N) is 2. The van der Waals surface area contributed by atoms with Gasteiger partial charge in [0, 0.05) is 13.0 Å². The Hall–Kier alpha value is -1.57. The van der Waals surface area contributed by atoms with Crippen molar-refractivity contribution in [3.8, 4) is 0 Å². The summed E-state index contributed by atoms with van der Waals surface area (Å²) in [5, 5.41) is 6.26. The molecule has 0 aromatic carbocycles. The molecule has 0 aromatic rings. The van der Waals surface area contributed by atoms with E-state index >= 15 is 0 Å². The molecule has 320 valence electrons. The molecule has 0 saturated carbocycles. The second-order valence-corrected chi connectivity index (χ2v) is 16.0. The summed E-state index contributed by atoms with van der Waals surface area (Å²) >= 11 is 0. The maximum atomic E-state index is 11.7. The summed E-state index contributed by atoms with van der Waals surface area (Å²) in [4.78, 5) is 13.8. The van der Waals surface area contributed by atoms with E-state index in [2.05, 4.69) is 90.3 Å². The molecule has 0 aliphatic carbocycles. The Morgan fingerprint density at radius 2 is 1.06 bits per heavy atom. The zero-order valence-electron chi connectivity index (χ0n) is 32.5. The van der Waals surface area contributed by atoms with Gasteiger partial charge in [-0.25, -0.2) is 8.37 Å². The highest BCUT2D eigenvalue weighted by Crippen LogP contribution is 2.08. The monoisotopic (exact) mass is 849 g/mol. The lowest BCUT2D eigenvalue weighted by Crippen LogP contribution is -2.27. The van der Waals surface area contributed by atoms with Crippen molar-refractivity contribution in [3.05, 3.63) is 24.3 Å². The summed E-state index contributed by atoms with van der Waals surface area (Å²) < 4.78 is 110. The van der Waals surface area contributed by atoms with E-state index in [1.165, 1.54) is 71.6 Å². The van der Waals surface area contributed by atoms with E-state index in [1.807, 2.05) is 0 Å². The molecule has 4 N–H and O–H groups in total. The quantitative estimate of drug-likeness (QED) is 0.0474. The normalized spacial score (nSPS) is 12.1. The fraction of sp³-hybridized carbons (Fsp3) is 0.839. The van der Waals surface area contributed by atoms with Crippen LogP contribution in [0, 0.1) is 0 Å². The Bertz CT molecular complexity index is 1290. The molecule has 0 radical (unpaired) electrons. The van der Waals surface area contributed by atoms with E-state index in [4.69, 9.17) is 9.11 Å². The van der Waals surface area contributed by atoms with Crippen molar-refractivity contribution in [3.63, 3.8) is 0 Å². The fourth-order valence-corrected chi connectivity index (χ4v) is 5.92. The van der Waals surface area contributed by atoms with Crippen LogP contribution in [0.25, 0.3) is 0 Å². The van der Waals surface area contributed by atoms with Crippen LogP contribution in [-0.2, 0) is 62.0 Å². The zero-order valence-corrected chi connectivity index (χ0v) is 35.8. The molecule has 18 nitrogen and oxygen atoms in total. The van der Waals surface area contributed by atoms with E-state index in [0.29, 0.717) is 6.42 Å². The fourth-order valence-electron chi connectivity index (χ4n) is 3.34. The number of allylic oxidation sites excluding steroid dienone is 4. The lowest BCUT2D eigenvalue weighted by atomic mass is 10.1. The summed E-state index contributed by atoms with van der Waals surface area (Å²) in [5.41, 5.74) is 0. The van der Waals surface area contributed by atoms with Crippen molar-refractivity contribution in [1.82, 2.24) is 15.5 Å². The van der Waals surface area contributed by atoms with Crippen molar-refractivity contribution >= 4 is 47.5 Å². The van der Waals surface area contributed by atoms with Gasteiger partial charge in [0.25, 0.3) is 0 Å². The number of hydrogen-bond acceptors (Lipinski definition) is 15. The van der Waals surface area contributed by atoms with E-state index in [1.54, 1.807) is 0 Å². The Morgan fingerprint density at radius 3 is 1.45 bits per heavy atom. The highest BCUT2D eigenvalue weighted by Gasteiger charge is 2.21. The van der Waals surface area contributed by atoms with Crippen LogP contribution in [0.4, 0.5) is 0 Å². The van der Waals surface area contributed by atoms with Gasteiger partial charge >= 0.3 is 41.6 Å².